The molecule has 0 atom stereocenters. The van der Waals surface area contributed by atoms with Crippen molar-refractivity contribution < 1.29 is 22.7 Å². The number of anilines is 1. The predicted molar refractivity (Wildman–Crippen MR) is 94.5 cm³/mol. The van der Waals surface area contributed by atoms with Crippen LogP contribution in [0.4, 0.5) is 10.1 Å². The molecule has 0 heterocycles. The zero-order valence-electron chi connectivity index (χ0n) is 12.4. The van der Waals surface area contributed by atoms with E-state index in [0.29, 0.717) is 8.78 Å². The minimum atomic E-state index is -4.22. The van der Waals surface area contributed by atoms with Crippen molar-refractivity contribution in [2.75, 3.05) is 17.1 Å². The number of rotatable bonds is 6. The van der Waals surface area contributed by atoms with Crippen LogP contribution in [-0.2, 0) is 14.8 Å². The van der Waals surface area contributed by atoms with E-state index in [1.807, 2.05) is 6.26 Å². The Bertz CT molecular complexity index is 856. The number of halogens is 2. The Kier molecular flexibility index (Phi) is 5.89. The molecule has 24 heavy (non-hydrogen) atoms. The summed E-state index contributed by atoms with van der Waals surface area (Å²) in [6.45, 7) is -0.884. The van der Waals surface area contributed by atoms with Crippen molar-refractivity contribution in [3.63, 3.8) is 0 Å². The molecular weight excluding hydrogens is 421 g/mol. The van der Waals surface area contributed by atoms with Crippen molar-refractivity contribution in [1.29, 1.82) is 0 Å². The van der Waals surface area contributed by atoms with Crippen molar-refractivity contribution in [3.8, 4) is 0 Å². The Morgan fingerprint density at radius 3 is 2.38 bits per heavy atom. The fourth-order valence-corrected chi connectivity index (χ4v) is 4.14. The highest BCUT2D eigenvalue weighted by atomic mass is 79.9. The lowest BCUT2D eigenvalue weighted by Gasteiger charge is -2.23. The van der Waals surface area contributed by atoms with Crippen molar-refractivity contribution >= 4 is 49.4 Å². The topological polar surface area (TPSA) is 74.7 Å². The fourth-order valence-electron chi connectivity index (χ4n) is 1.98. The van der Waals surface area contributed by atoms with Crippen LogP contribution in [0, 0.1) is 5.82 Å². The molecule has 0 radical (unpaired) electrons. The van der Waals surface area contributed by atoms with E-state index >= 15 is 0 Å². The molecule has 2 aromatic carbocycles. The molecule has 1 N–H and O–H groups in total. The van der Waals surface area contributed by atoms with E-state index in [9.17, 15) is 17.6 Å². The summed E-state index contributed by atoms with van der Waals surface area (Å²) in [4.78, 5) is 11.8. The van der Waals surface area contributed by atoms with E-state index in [-0.39, 0.29) is 10.6 Å². The molecule has 0 unspecified atom stereocenters. The monoisotopic (exact) mass is 433 g/mol. The minimum absolute atomic E-state index is 0.108. The first-order valence-corrected chi connectivity index (χ1v) is 10.0. The number of carboxylic acid groups (broad SMARTS) is 1. The Hall–Kier alpha value is -1.58. The average Bonchev–Trinajstić information content (AvgIpc) is 2.53. The molecule has 128 valence electrons. The van der Waals surface area contributed by atoms with Gasteiger partial charge in [0, 0.05) is 9.37 Å². The largest absolute Gasteiger partial charge is 0.480 e. The number of carbonyl (C=O) groups is 1. The van der Waals surface area contributed by atoms with E-state index in [4.69, 9.17) is 5.11 Å². The first kappa shape index (κ1) is 18.8. The van der Waals surface area contributed by atoms with Crippen LogP contribution >= 0.6 is 27.7 Å². The van der Waals surface area contributed by atoms with Gasteiger partial charge in [-0.25, -0.2) is 12.8 Å². The summed E-state index contributed by atoms with van der Waals surface area (Å²) in [7, 11) is -4.22. The maximum Gasteiger partial charge on any atom is 0.324 e. The van der Waals surface area contributed by atoms with Gasteiger partial charge in [-0.2, -0.15) is 0 Å². The van der Waals surface area contributed by atoms with Crippen LogP contribution in [0.25, 0.3) is 0 Å². The number of sulfonamides is 1. The second-order valence-corrected chi connectivity index (χ2v) is 8.33. The summed E-state index contributed by atoms with van der Waals surface area (Å²) in [5, 5.41) is 9.04. The molecule has 0 saturated carbocycles. The van der Waals surface area contributed by atoms with Crippen molar-refractivity contribution in [2.45, 2.75) is 9.79 Å². The molecule has 0 spiro atoms. The van der Waals surface area contributed by atoms with Crippen LogP contribution in [0.5, 0.6) is 0 Å². The molecule has 0 amide bonds. The molecule has 0 aliphatic rings. The number of benzene rings is 2. The van der Waals surface area contributed by atoms with Gasteiger partial charge in [0.2, 0.25) is 0 Å². The number of hydrogen-bond acceptors (Lipinski definition) is 4. The van der Waals surface area contributed by atoms with Gasteiger partial charge < -0.3 is 5.11 Å². The highest BCUT2D eigenvalue weighted by Crippen LogP contribution is 2.29. The number of carboxylic acids is 1. The van der Waals surface area contributed by atoms with E-state index in [1.54, 1.807) is 12.1 Å². The molecule has 9 heteroatoms. The SMILES string of the molecule is CSc1ccc(S(=O)(=O)N(CC(=O)O)c2ccc(Br)cc2F)cc1. The third-order valence-electron chi connectivity index (χ3n) is 3.10. The smallest absolute Gasteiger partial charge is 0.324 e. The fraction of sp³-hybridized carbons (Fsp3) is 0.133. The van der Waals surface area contributed by atoms with Gasteiger partial charge in [-0.1, -0.05) is 15.9 Å². The quantitative estimate of drug-likeness (QED) is 0.704. The summed E-state index contributed by atoms with van der Waals surface area (Å²) in [5.74, 6) is -2.23. The van der Waals surface area contributed by atoms with E-state index in [1.165, 1.54) is 36.0 Å². The lowest BCUT2D eigenvalue weighted by atomic mass is 10.3. The van der Waals surface area contributed by atoms with Gasteiger partial charge in [-0.3, -0.25) is 9.10 Å². The Balaban J connectivity index is 2.54. The molecule has 0 aromatic heterocycles. The zero-order valence-corrected chi connectivity index (χ0v) is 15.7. The molecule has 0 aliphatic heterocycles. The average molecular weight is 434 g/mol. The number of nitrogens with zero attached hydrogens (tertiary/aromatic N) is 1. The summed E-state index contributed by atoms with van der Waals surface area (Å²) >= 11 is 4.52. The molecule has 0 fully saturated rings. The van der Waals surface area contributed by atoms with Gasteiger partial charge in [0.1, 0.15) is 12.4 Å². The van der Waals surface area contributed by atoms with Gasteiger partial charge in [0.15, 0.2) is 0 Å². The van der Waals surface area contributed by atoms with Gasteiger partial charge in [-0.15, -0.1) is 11.8 Å². The third kappa shape index (κ3) is 4.08. The number of thioether (sulfide) groups is 1. The van der Waals surface area contributed by atoms with Crippen LogP contribution in [0.2, 0.25) is 0 Å². The lowest BCUT2D eigenvalue weighted by Crippen LogP contribution is -2.36. The van der Waals surface area contributed by atoms with E-state index in [0.717, 1.165) is 11.0 Å². The first-order valence-electron chi connectivity index (χ1n) is 6.59. The van der Waals surface area contributed by atoms with Crippen LogP contribution in [0.1, 0.15) is 0 Å². The van der Waals surface area contributed by atoms with E-state index in [2.05, 4.69) is 15.9 Å². The summed E-state index contributed by atoms with van der Waals surface area (Å²) in [6.07, 6.45) is 1.84. The summed E-state index contributed by atoms with van der Waals surface area (Å²) < 4.78 is 40.7. The number of aliphatic carboxylic acids is 1. The molecule has 5 nitrogen and oxygen atoms in total. The number of hydrogen-bond donors (Lipinski definition) is 1. The van der Waals surface area contributed by atoms with Crippen molar-refractivity contribution in [3.05, 3.63) is 52.8 Å². The van der Waals surface area contributed by atoms with Crippen molar-refractivity contribution in [1.82, 2.24) is 0 Å². The molecular formula is C15H13BrFNO4S2. The van der Waals surface area contributed by atoms with Crippen molar-refractivity contribution in [2.24, 2.45) is 0 Å². The molecule has 2 aromatic rings. The highest BCUT2D eigenvalue weighted by molar-refractivity contribution is 9.10. The third-order valence-corrected chi connectivity index (χ3v) is 6.12. The van der Waals surface area contributed by atoms with Gasteiger partial charge >= 0.3 is 5.97 Å². The highest BCUT2D eigenvalue weighted by Gasteiger charge is 2.29. The van der Waals surface area contributed by atoms with Gasteiger partial charge in [0.05, 0.1) is 10.6 Å². The second kappa shape index (κ2) is 7.54. The summed E-state index contributed by atoms with van der Waals surface area (Å²) in [5.41, 5.74) is -0.324. The predicted octanol–water partition coefficient (Wildman–Crippen LogP) is 3.59. The lowest BCUT2D eigenvalue weighted by molar-refractivity contribution is -0.135. The van der Waals surface area contributed by atoms with Crippen LogP contribution in [0.3, 0.4) is 0 Å². The van der Waals surface area contributed by atoms with Gasteiger partial charge in [-0.05, 0) is 48.7 Å². The van der Waals surface area contributed by atoms with Crippen LogP contribution in [0.15, 0.2) is 56.7 Å². The summed E-state index contributed by atoms with van der Waals surface area (Å²) in [6, 6.07) is 9.69. The Labute approximate surface area is 151 Å². The normalized spacial score (nSPS) is 11.3. The van der Waals surface area contributed by atoms with Crippen LogP contribution < -0.4 is 4.31 Å². The Morgan fingerprint density at radius 2 is 1.88 bits per heavy atom. The first-order chi connectivity index (χ1) is 11.3. The zero-order chi connectivity index (χ0) is 17.9. The molecule has 0 aliphatic carbocycles. The van der Waals surface area contributed by atoms with Gasteiger partial charge in [0.25, 0.3) is 10.0 Å². The molecule has 2 rings (SSSR count). The molecule has 0 bridgehead atoms. The molecule has 0 saturated heterocycles. The Morgan fingerprint density at radius 1 is 1.25 bits per heavy atom. The minimum Gasteiger partial charge on any atom is -0.480 e. The standard InChI is InChI=1S/C15H13BrFNO4S2/c1-23-11-3-5-12(6-4-11)24(21,22)18(9-15(19)20)14-7-2-10(16)8-13(14)17/h2-8H,9H2,1H3,(H,19,20). The second-order valence-electron chi connectivity index (χ2n) is 4.68. The van der Waals surface area contributed by atoms with E-state index < -0.39 is 28.4 Å². The maximum atomic E-state index is 14.2. The maximum absolute atomic E-state index is 14.2. The van der Waals surface area contributed by atoms with Crippen LogP contribution in [-0.4, -0.2) is 32.3 Å².